The van der Waals surface area contributed by atoms with Crippen molar-refractivity contribution in [2.75, 3.05) is 7.11 Å². The smallest absolute Gasteiger partial charge is 0.371 e. The van der Waals surface area contributed by atoms with Crippen molar-refractivity contribution in [1.82, 2.24) is 0 Å². The van der Waals surface area contributed by atoms with Crippen LogP contribution in [0.3, 0.4) is 0 Å². The summed E-state index contributed by atoms with van der Waals surface area (Å²) in [6, 6.07) is 7.84. The average molecular weight is 234 g/mol. The van der Waals surface area contributed by atoms with Gasteiger partial charge in [-0.1, -0.05) is 38.1 Å². The molecule has 0 aromatic heterocycles. The molecular formula is C14H18O3. The Morgan fingerprint density at radius 1 is 1.29 bits per heavy atom. The molecule has 0 spiro atoms. The van der Waals surface area contributed by atoms with Crippen LogP contribution in [0.1, 0.15) is 31.4 Å². The predicted molar refractivity (Wildman–Crippen MR) is 67.7 cm³/mol. The molecular weight excluding hydrogens is 216 g/mol. The zero-order valence-corrected chi connectivity index (χ0v) is 10.5. The highest BCUT2D eigenvalue weighted by Gasteiger charge is 2.16. The molecule has 0 unspecified atom stereocenters. The molecule has 0 saturated carbocycles. The number of rotatable bonds is 5. The molecule has 1 aromatic rings. The molecule has 0 aliphatic rings. The lowest BCUT2D eigenvalue weighted by Crippen LogP contribution is -2.07. The van der Waals surface area contributed by atoms with Gasteiger partial charge >= 0.3 is 5.97 Å². The zero-order chi connectivity index (χ0) is 12.8. The number of allylic oxidation sites excluding steroid dienone is 1. The van der Waals surface area contributed by atoms with Gasteiger partial charge in [-0.3, -0.25) is 0 Å². The van der Waals surface area contributed by atoms with Crippen LogP contribution in [0.4, 0.5) is 0 Å². The summed E-state index contributed by atoms with van der Waals surface area (Å²) in [7, 11) is 1.40. The Morgan fingerprint density at radius 2 is 1.94 bits per heavy atom. The molecule has 1 N–H and O–H groups in total. The van der Waals surface area contributed by atoms with Gasteiger partial charge in [-0.25, -0.2) is 4.79 Å². The van der Waals surface area contributed by atoms with Crippen LogP contribution in [0.5, 0.6) is 0 Å². The van der Waals surface area contributed by atoms with E-state index in [1.54, 1.807) is 0 Å². The average Bonchev–Trinajstić information content (AvgIpc) is 2.35. The molecule has 0 atom stereocenters. The van der Waals surface area contributed by atoms with Crippen molar-refractivity contribution in [1.29, 1.82) is 0 Å². The van der Waals surface area contributed by atoms with Crippen LogP contribution in [-0.4, -0.2) is 18.2 Å². The van der Waals surface area contributed by atoms with E-state index in [0.29, 0.717) is 6.42 Å². The van der Waals surface area contributed by atoms with Crippen molar-refractivity contribution in [2.45, 2.75) is 26.7 Å². The Hall–Kier alpha value is -1.77. The summed E-state index contributed by atoms with van der Waals surface area (Å²) < 4.78 is 5.00. The SMILES string of the molecule is CCC(=C(OC)C(=O)O)c1ccccc1CC. The van der Waals surface area contributed by atoms with Crippen molar-refractivity contribution in [3.8, 4) is 0 Å². The maximum Gasteiger partial charge on any atom is 0.371 e. The van der Waals surface area contributed by atoms with E-state index in [1.165, 1.54) is 7.11 Å². The maximum absolute atomic E-state index is 11.1. The Labute approximate surface area is 102 Å². The van der Waals surface area contributed by atoms with E-state index < -0.39 is 5.97 Å². The quantitative estimate of drug-likeness (QED) is 0.629. The molecule has 0 saturated heterocycles. The number of hydrogen-bond acceptors (Lipinski definition) is 2. The number of carboxylic acids is 1. The van der Waals surface area contributed by atoms with E-state index in [9.17, 15) is 4.79 Å². The Morgan fingerprint density at radius 3 is 2.41 bits per heavy atom. The van der Waals surface area contributed by atoms with Gasteiger partial charge in [0.25, 0.3) is 0 Å². The maximum atomic E-state index is 11.1. The van der Waals surface area contributed by atoms with Gasteiger partial charge in [0, 0.05) is 5.57 Å². The topological polar surface area (TPSA) is 46.5 Å². The number of hydrogen-bond donors (Lipinski definition) is 1. The van der Waals surface area contributed by atoms with E-state index in [0.717, 1.165) is 23.1 Å². The van der Waals surface area contributed by atoms with Crippen LogP contribution in [-0.2, 0) is 16.0 Å². The molecule has 0 bridgehead atoms. The minimum atomic E-state index is -1.02. The summed E-state index contributed by atoms with van der Waals surface area (Å²) in [6.45, 7) is 3.99. The van der Waals surface area contributed by atoms with Gasteiger partial charge in [-0.15, -0.1) is 0 Å². The number of benzene rings is 1. The summed E-state index contributed by atoms with van der Waals surface area (Å²) in [5.74, 6) is -0.983. The summed E-state index contributed by atoms with van der Waals surface area (Å²) in [5, 5.41) is 9.12. The first-order valence-electron chi connectivity index (χ1n) is 5.74. The van der Waals surface area contributed by atoms with Crippen LogP contribution in [0.15, 0.2) is 30.0 Å². The van der Waals surface area contributed by atoms with E-state index >= 15 is 0 Å². The standard InChI is InChI=1S/C14H18O3/c1-4-10-8-6-7-9-12(10)11(5-2)13(17-3)14(15)16/h6-9H,4-5H2,1-3H3,(H,15,16). The lowest BCUT2D eigenvalue weighted by molar-refractivity contribution is -0.135. The molecule has 0 aliphatic carbocycles. The summed E-state index contributed by atoms with van der Waals surface area (Å²) in [5.41, 5.74) is 2.86. The van der Waals surface area contributed by atoms with Crippen molar-refractivity contribution in [3.63, 3.8) is 0 Å². The first-order chi connectivity index (χ1) is 8.15. The van der Waals surface area contributed by atoms with Crippen molar-refractivity contribution in [2.24, 2.45) is 0 Å². The Bertz CT molecular complexity index is 433. The molecule has 92 valence electrons. The van der Waals surface area contributed by atoms with Crippen LogP contribution < -0.4 is 0 Å². The lowest BCUT2D eigenvalue weighted by Gasteiger charge is -2.13. The van der Waals surface area contributed by atoms with Crippen molar-refractivity contribution < 1.29 is 14.6 Å². The third-order valence-electron chi connectivity index (χ3n) is 2.75. The lowest BCUT2D eigenvalue weighted by atomic mass is 9.95. The van der Waals surface area contributed by atoms with Crippen LogP contribution in [0, 0.1) is 0 Å². The molecule has 3 heteroatoms. The Kier molecular flexibility index (Phi) is 4.76. The molecule has 17 heavy (non-hydrogen) atoms. The minimum absolute atomic E-state index is 0.0356. The first kappa shape index (κ1) is 13.3. The number of aliphatic carboxylic acids is 1. The molecule has 1 aromatic carbocycles. The predicted octanol–water partition coefficient (Wildman–Crippen LogP) is 3.10. The van der Waals surface area contributed by atoms with Crippen LogP contribution in [0.25, 0.3) is 5.57 Å². The molecule has 0 fully saturated rings. The highest BCUT2D eigenvalue weighted by Crippen LogP contribution is 2.26. The first-order valence-corrected chi connectivity index (χ1v) is 5.74. The normalized spacial score (nSPS) is 11.9. The van der Waals surface area contributed by atoms with E-state index in [4.69, 9.17) is 9.84 Å². The highest BCUT2D eigenvalue weighted by molar-refractivity contribution is 5.94. The Balaban J connectivity index is 3.40. The third-order valence-corrected chi connectivity index (χ3v) is 2.75. The number of carbonyl (C=O) groups is 1. The fourth-order valence-electron chi connectivity index (χ4n) is 1.94. The van der Waals surface area contributed by atoms with Crippen molar-refractivity contribution >= 4 is 11.5 Å². The molecule has 0 heterocycles. The van der Waals surface area contributed by atoms with Gasteiger partial charge in [-0.2, -0.15) is 0 Å². The van der Waals surface area contributed by atoms with Gasteiger partial charge in [0.2, 0.25) is 5.76 Å². The number of aryl methyl sites for hydroxylation is 1. The zero-order valence-electron chi connectivity index (χ0n) is 10.5. The van der Waals surface area contributed by atoms with E-state index in [1.807, 2.05) is 31.2 Å². The largest absolute Gasteiger partial charge is 0.490 e. The van der Waals surface area contributed by atoms with Gasteiger partial charge < -0.3 is 9.84 Å². The van der Waals surface area contributed by atoms with E-state index in [-0.39, 0.29) is 5.76 Å². The molecule has 0 amide bonds. The number of methoxy groups -OCH3 is 1. The van der Waals surface area contributed by atoms with Crippen LogP contribution in [0.2, 0.25) is 0 Å². The molecule has 0 aliphatic heterocycles. The molecule has 3 nitrogen and oxygen atoms in total. The van der Waals surface area contributed by atoms with Crippen LogP contribution >= 0.6 is 0 Å². The number of ether oxygens (including phenoxy) is 1. The summed E-state index contributed by atoms with van der Waals surface area (Å²) >= 11 is 0. The fourth-order valence-corrected chi connectivity index (χ4v) is 1.94. The van der Waals surface area contributed by atoms with Gasteiger partial charge in [0.05, 0.1) is 7.11 Å². The summed E-state index contributed by atoms with van der Waals surface area (Å²) in [6.07, 6.45) is 1.50. The third kappa shape index (κ3) is 2.87. The second kappa shape index (κ2) is 6.09. The summed E-state index contributed by atoms with van der Waals surface area (Å²) in [4.78, 5) is 11.1. The second-order valence-electron chi connectivity index (χ2n) is 3.68. The minimum Gasteiger partial charge on any atom is -0.490 e. The van der Waals surface area contributed by atoms with E-state index in [2.05, 4.69) is 6.92 Å². The van der Waals surface area contributed by atoms with Gasteiger partial charge in [0.1, 0.15) is 0 Å². The van der Waals surface area contributed by atoms with Crippen molar-refractivity contribution in [3.05, 3.63) is 41.2 Å². The number of carboxylic acid groups (broad SMARTS) is 1. The van der Waals surface area contributed by atoms with Gasteiger partial charge in [0.15, 0.2) is 0 Å². The second-order valence-corrected chi connectivity index (χ2v) is 3.68. The highest BCUT2D eigenvalue weighted by atomic mass is 16.5. The fraction of sp³-hybridized carbons (Fsp3) is 0.357. The monoisotopic (exact) mass is 234 g/mol. The molecule has 1 rings (SSSR count). The molecule has 0 radical (unpaired) electrons. The van der Waals surface area contributed by atoms with Gasteiger partial charge in [-0.05, 0) is 24.0 Å².